The molecule has 8 aromatic carbocycles. The fourth-order valence-corrected chi connectivity index (χ4v) is 6.68. The van der Waals surface area contributed by atoms with Crippen LogP contribution in [-0.2, 0) is 0 Å². The number of hydrogen-bond acceptors (Lipinski definition) is 2. The average Bonchev–Trinajstić information content (AvgIpc) is 3.22. The fourth-order valence-electron chi connectivity index (χ4n) is 6.68. The lowest BCUT2D eigenvalue weighted by atomic mass is 9.98. The largest absolute Gasteiger partial charge is 0.311 e. The summed E-state index contributed by atoms with van der Waals surface area (Å²) in [6.07, 6.45) is 8.85. The van der Waals surface area contributed by atoms with Gasteiger partial charge < -0.3 is 9.80 Å². The van der Waals surface area contributed by atoms with Gasteiger partial charge in [0.25, 0.3) is 0 Å². The highest BCUT2D eigenvalue weighted by Gasteiger charge is 2.13. The van der Waals surface area contributed by atoms with E-state index in [0.717, 1.165) is 45.3 Å². The topological polar surface area (TPSA) is 6.48 Å². The van der Waals surface area contributed by atoms with Crippen LogP contribution in [0.25, 0.3) is 35.1 Å². The van der Waals surface area contributed by atoms with Gasteiger partial charge in [-0.2, -0.15) is 0 Å². The summed E-state index contributed by atoms with van der Waals surface area (Å²) in [5.74, 6) is 0. The van der Waals surface area contributed by atoms with E-state index in [4.69, 9.17) is 0 Å². The summed E-state index contributed by atoms with van der Waals surface area (Å²) in [7, 11) is 0. The molecule has 0 unspecified atom stereocenters. The summed E-state index contributed by atoms with van der Waals surface area (Å²) in [4.78, 5) is 4.57. The zero-order valence-electron chi connectivity index (χ0n) is 28.8. The number of nitrogens with zero attached hydrogens (tertiary/aromatic N) is 2. The van der Waals surface area contributed by atoms with E-state index in [0.29, 0.717) is 0 Å². The van der Waals surface area contributed by atoms with E-state index in [1.807, 2.05) is 0 Å². The van der Waals surface area contributed by atoms with Gasteiger partial charge in [-0.25, -0.2) is 0 Å². The number of rotatable bonds is 10. The van der Waals surface area contributed by atoms with Crippen molar-refractivity contribution in [3.8, 4) is 0 Å². The van der Waals surface area contributed by atoms with Gasteiger partial charge in [-0.05, 0) is 106 Å². The average molecular weight is 667 g/mol. The van der Waals surface area contributed by atoms with Crippen LogP contribution in [0, 0.1) is 0 Å². The fraction of sp³-hybridized carbons (Fsp3) is 0. The molecule has 0 N–H and O–H groups in total. The Morgan fingerprint density at radius 2 is 0.500 bits per heavy atom. The second-order valence-electron chi connectivity index (χ2n) is 12.7. The normalized spacial score (nSPS) is 11.3. The van der Waals surface area contributed by atoms with Crippen LogP contribution in [0.3, 0.4) is 0 Å². The van der Waals surface area contributed by atoms with Crippen molar-refractivity contribution in [2.75, 3.05) is 9.80 Å². The zero-order chi connectivity index (χ0) is 35.0. The summed E-state index contributed by atoms with van der Waals surface area (Å²) >= 11 is 0. The highest BCUT2D eigenvalue weighted by molar-refractivity contribution is 5.99. The van der Waals surface area contributed by atoms with E-state index < -0.39 is 0 Å². The van der Waals surface area contributed by atoms with Gasteiger partial charge in [0, 0.05) is 34.1 Å². The van der Waals surface area contributed by atoms with E-state index in [-0.39, 0.29) is 0 Å². The van der Waals surface area contributed by atoms with Gasteiger partial charge in [-0.15, -0.1) is 0 Å². The number of benzene rings is 8. The summed E-state index contributed by atoms with van der Waals surface area (Å²) in [5, 5.41) is 2.46. The Kier molecular flexibility index (Phi) is 9.53. The molecule has 0 bridgehead atoms. The first kappa shape index (κ1) is 32.3. The molecule has 248 valence electrons. The molecule has 0 saturated carbocycles. The molecule has 0 heterocycles. The molecule has 0 fully saturated rings. The molecule has 0 saturated heterocycles. The number of fused-ring (bicyclic) bond motifs is 1. The van der Waals surface area contributed by atoms with Crippen molar-refractivity contribution >= 4 is 69.2 Å². The minimum absolute atomic E-state index is 1.12. The Labute approximate surface area is 306 Å². The van der Waals surface area contributed by atoms with E-state index in [1.165, 1.54) is 21.9 Å². The van der Waals surface area contributed by atoms with E-state index in [1.54, 1.807) is 0 Å². The molecule has 52 heavy (non-hydrogen) atoms. The zero-order valence-corrected chi connectivity index (χ0v) is 28.8. The standard InChI is InChI=1S/C50H38N2/c1-5-15-43(16-6-1)51(44-17-7-2-8-18-44)47-35-27-39(28-36-47)25-31-41-33-34-42(50-24-14-13-23-49(41)50)32-26-40-29-37-48(38-30-40)52(45-19-9-3-10-20-45)46-21-11-4-12-22-46/h1-38H/b31-25-,32-26+. The monoisotopic (exact) mass is 666 g/mol. The van der Waals surface area contributed by atoms with Crippen molar-refractivity contribution in [2.45, 2.75) is 0 Å². The summed E-state index contributed by atoms with van der Waals surface area (Å²) < 4.78 is 0. The lowest BCUT2D eigenvalue weighted by molar-refractivity contribution is 1.28. The Balaban J connectivity index is 1.02. The molecule has 0 aliphatic carbocycles. The van der Waals surface area contributed by atoms with Gasteiger partial charge in [-0.1, -0.05) is 158 Å². The minimum Gasteiger partial charge on any atom is -0.311 e. The predicted octanol–water partition coefficient (Wildman–Crippen LogP) is 14.1. The van der Waals surface area contributed by atoms with Crippen molar-refractivity contribution in [3.05, 3.63) is 229 Å². The molecule has 8 aromatic rings. The third-order valence-corrected chi connectivity index (χ3v) is 9.26. The Bertz CT molecular complexity index is 2160. The van der Waals surface area contributed by atoms with E-state index in [9.17, 15) is 0 Å². The maximum atomic E-state index is 2.28. The van der Waals surface area contributed by atoms with Gasteiger partial charge in [0.15, 0.2) is 0 Å². The van der Waals surface area contributed by atoms with Crippen LogP contribution in [0.5, 0.6) is 0 Å². The maximum Gasteiger partial charge on any atom is 0.0462 e. The van der Waals surface area contributed by atoms with Gasteiger partial charge in [0.05, 0.1) is 0 Å². The molecule has 2 nitrogen and oxygen atoms in total. The van der Waals surface area contributed by atoms with Crippen molar-refractivity contribution in [2.24, 2.45) is 0 Å². The Hall–Kier alpha value is -6.90. The number of anilines is 6. The molecule has 8 rings (SSSR count). The van der Waals surface area contributed by atoms with Gasteiger partial charge in [0.2, 0.25) is 0 Å². The molecule has 0 spiro atoms. The van der Waals surface area contributed by atoms with Crippen molar-refractivity contribution in [1.82, 2.24) is 0 Å². The minimum atomic E-state index is 1.12. The highest BCUT2D eigenvalue weighted by Crippen LogP contribution is 2.36. The first-order chi connectivity index (χ1) is 25.8. The number of para-hydroxylation sites is 4. The second kappa shape index (κ2) is 15.3. The van der Waals surface area contributed by atoms with Crippen LogP contribution < -0.4 is 9.80 Å². The predicted molar refractivity (Wildman–Crippen MR) is 224 cm³/mol. The van der Waals surface area contributed by atoms with Gasteiger partial charge in [0.1, 0.15) is 0 Å². The van der Waals surface area contributed by atoms with Crippen molar-refractivity contribution in [1.29, 1.82) is 0 Å². The lowest BCUT2D eigenvalue weighted by Gasteiger charge is -2.25. The molecule has 0 amide bonds. The van der Waals surface area contributed by atoms with Crippen molar-refractivity contribution < 1.29 is 0 Å². The molecule has 2 heteroatoms. The second-order valence-corrected chi connectivity index (χ2v) is 12.7. The van der Waals surface area contributed by atoms with Crippen LogP contribution in [0.1, 0.15) is 22.3 Å². The molecule has 0 atom stereocenters. The van der Waals surface area contributed by atoms with E-state index in [2.05, 4.69) is 240 Å². The third kappa shape index (κ3) is 7.19. The molecule has 0 aromatic heterocycles. The van der Waals surface area contributed by atoms with Gasteiger partial charge >= 0.3 is 0 Å². The van der Waals surface area contributed by atoms with Crippen molar-refractivity contribution in [3.63, 3.8) is 0 Å². The quantitative estimate of drug-likeness (QED) is 0.134. The smallest absolute Gasteiger partial charge is 0.0462 e. The molecule has 0 aliphatic heterocycles. The highest BCUT2D eigenvalue weighted by atomic mass is 15.1. The first-order valence-electron chi connectivity index (χ1n) is 17.7. The molecule has 0 aliphatic rings. The van der Waals surface area contributed by atoms with Gasteiger partial charge in [-0.3, -0.25) is 0 Å². The molecular weight excluding hydrogens is 629 g/mol. The van der Waals surface area contributed by atoms with Crippen LogP contribution >= 0.6 is 0 Å². The Morgan fingerprint density at radius 1 is 0.231 bits per heavy atom. The summed E-state index contributed by atoms with van der Waals surface area (Å²) in [6.45, 7) is 0. The molecule has 0 radical (unpaired) electrons. The lowest BCUT2D eigenvalue weighted by Crippen LogP contribution is -2.09. The SMILES string of the molecule is C(=C/c1ccc(/C=C/c2ccc(N(c3ccccc3)c3ccccc3)cc2)c2ccccc12)/c1ccc(N(c2ccccc2)c2ccccc2)cc1. The maximum absolute atomic E-state index is 2.28. The first-order valence-corrected chi connectivity index (χ1v) is 17.7. The van der Waals surface area contributed by atoms with Crippen LogP contribution in [0.2, 0.25) is 0 Å². The third-order valence-electron chi connectivity index (χ3n) is 9.26. The van der Waals surface area contributed by atoms with Crippen LogP contribution in [0.15, 0.2) is 206 Å². The van der Waals surface area contributed by atoms with Crippen LogP contribution in [-0.4, -0.2) is 0 Å². The summed E-state index contributed by atoms with van der Waals surface area (Å²) in [6, 6.07) is 72.7. The molecular formula is C50H38N2. The van der Waals surface area contributed by atoms with Crippen LogP contribution in [0.4, 0.5) is 34.1 Å². The Morgan fingerprint density at radius 3 is 0.808 bits per heavy atom. The summed E-state index contributed by atoms with van der Waals surface area (Å²) in [5.41, 5.74) is 11.5. The van der Waals surface area contributed by atoms with E-state index >= 15 is 0 Å². The number of hydrogen-bond donors (Lipinski definition) is 0.